The van der Waals surface area contributed by atoms with Gasteiger partial charge in [-0.25, -0.2) is 4.39 Å². The molecule has 0 aliphatic carbocycles. The quantitative estimate of drug-likeness (QED) is 0.811. The maximum absolute atomic E-state index is 13.6. The van der Waals surface area contributed by atoms with E-state index in [0.29, 0.717) is 5.52 Å². The van der Waals surface area contributed by atoms with Crippen LogP contribution in [0.4, 0.5) is 10.1 Å². The van der Waals surface area contributed by atoms with Crippen LogP contribution >= 0.6 is 0 Å². The first-order valence-electron chi connectivity index (χ1n) is 5.85. The van der Waals surface area contributed by atoms with E-state index in [0.717, 1.165) is 37.3 Å². The molecule has 1 fully saturated rings. The van der Waals surface area contributed by atoms with Gasteiger partial charge in [-0.2, -0.15) is 0 Å². The Balaban J connectivity index is 2.12. The molecule has 1 aromatic carbocycles. The summed E-state index contributed by atoms with van der Waals surface area (Å²) in [6.45, 7) is 3.85. The lowest BCUT2D eigenvalue weighted by Gasteiger charge is -2.30. The second-order valence-corrected chi connectivity index (χ2v) is 4.20. The molecule has 0 unspecified atom stereocenters. The average molecular weight is 231 g/mol. The summed E-state index contributed by atoms with van der Waals surface area (Å²) in [5.74, 6) is -0.250. The van der Waals surface area contributed by atoms with Crippen molar-refractivity contribution in [2.24, 2.45) is 0 Å². The molecule has 4 heteroatoms. The number of nitrogens with one attached hydrogen (secondary N) is 1. The van der Waals surface area contributed by atoms with Crippen molar-refractivity contribution in [1.82, 2.24) is 10.3 Å². The van der Waals surface area contributed by atoms with Crippen LogP contribution in [0.1, 0.15) is 0 Å². The molecule has 0 bridgehead atoms. The molecular formula is C13H14FN3. The van der Waals surface area contributed by atoms with Crippen LogP contribution in [-0.2, 0) is 0 Å². The maximum Gasteiger partial charge on any atom is 0.149 e. The van der Waals surface area contributed by atoms with E-state index >= 15 is 0 Å². The fourth-order valence-corrected chi connectivity index (χ4v) is 2.30. The SMILES string of the molecule is Fc1ccc(N2CCNCC2)c2cccnc12. The molecular weight excluding hydrogens is 217 g/mol. The number of hydrogen-bond donors (Lipinski definition) is 1. The van der Waals surface area contributed by atoms with Crippen LogP contribution in [0.25, 0.3) is 10.9 Å². The van der Waals surface area contributed by atoms with Crippen molar-refractivity contribution in [2.75, 3.05) is 31.1 Å². The highest BCUT2D eigenvalue weighted by molar-refractivity contribution is 5.92. The van der Waals surface area contributed by atoms with Gasteiger partial charge in [-0.05, 0) is 24.3 Å². The fourth-order valence-electron chi connectivity index (χ4n) is 2.30. The summed E-state index contributed by atoms with van der Waals surface area (Å²) in [7, 11) is 0. The number of piperazine rings is 1. The minimum absolute atomic E-state index is 0.250. The maximum atomic E-state index is 13.6. The average Bonchev–Trinajstić information content (AvgIpc) is 2.41. The third-order valence-electron chi connectivity index (χ3n) is 3.16. The topological polar surface area (TPSA) is 28.2 Å². The first kappa shape index (κ1) is 10.5. The first-order chi connectivity index (χ1) is 8.36. The lowest BCUT2D eigenvalue weighted by Crippen LogP contribution is -2.43. The molecule has 88 valence electrons. The summed E-state index contributed by atoms with van der Waals surface area (Å²) >= 11 is 0. The number of fused-ring (bicyclic) bond motifs is 1. The van der Waals surface area contributed by atoms with Crippen LogP contribution in [0.3, 0.4) is 0 Å². The van der Waals surface area contributed by atoms with Crippen LogP contribution in [0, 0.1) is 5.82 Å². The number of halogens is 1. The van der Waals surface area contributed by atoms with E-state index in [1.807, 2.05) is 18.2 Å². The number of rotatable bonds is 1. The lowest BCUT2D eigenvalue weighted by molar-refractivity contribution is 0.589. The molecule has 17 heavy (non-hydrogen) atoms. The molecule has 3 nitrogen and oxygen atoms in total. The van der Waals surface area contributed by atoms with Gasteiger partial charge >= 0.3 is 0 Å². The van der Waals surface area contributed by atoms with Crippen LogP contribution in [0.15, 0.2) is 30.5 Å². The third kappa shape index (κ3) is 1.85. The molecule has 1 aromatic heterocycles. The Labute approximate surface area is 99.3 Å². The minimum atomic E-state index is -0.250. The number of nitrogens with zero attached hydrogens (tertiary/aromatic N) is 2. The number of pyridine rings is 1. The Kier molecular flexibility index (Phi) is 2.65. The summed E-state index contributed by atoms with van der Waals surface area (Å²) < 4.78 is 13.6. The van der Waals surface area contributed by atoms with E-state index in [1.165, 1.54) is 6.07 Å². The van der Waals surface area contributed by atoms with E-state index in [9.17, 15) is 4.39 Å². The smallest absolute Gasteiger partial charge is 0.149 e. The summed E-state index contributed by atoms with van der Waals surface area (Å²) in [6.07, 6.45) is 1.63. The largest absolute Gasteiger partial charge is 0.368 e. The van der Waals surface area contributed by atoms with Crippen LogP contribution in [0.2, 0.25) is 0 Å². The predicted molar refractivity (Wildman–Crippen MR) is 66.8 cm³/mol. The van der Waals surface area contributed by atoms with Gasteiger partial charge in [0.25, 0.3) is 0 Å². The van der Waals surface area contributed by atoms with E-state index in [4.69, 9.17) is 0 Å². The van der Waals surface area contributed by atoms with Gasteiger partial charge < -0.3 is 10.2 Å². The van der Waals surface area contributed by atoms with Gasteiger partial charge in [0, 0.05) is 43.4 Å². The Morgan fingerprint density at radius 3 is 2.82 bits per heavy atom. The van der Waals surface area contributed by atoms with Gasteiger partial charge in [-0.15, -0.1) is 0 Å². The second-order valence-electron chi connectivity index (χ2n) is 4.20. The zero-order valence-corrected chi connectivity index (χ0v) is 9.49. The highest BCUT2D eigenvalue weighted by Gasteiger charge is 2.14. The molecule has 0 atom stereocenters. The molecule has 0 spiro atoms. The van der Waals surface area contributed by atoms with Crippen molar-refractivity contribution >= 4 is 16.6 Å². The lowest BCUT2D eigenvalue weighted by atomic mass is 10.1. The third-order valence-corrected chi connectivity index (χ3v) is 3.16. The molecule has 3 rings (SSSR count). The van der Waals surface area contributed by atoms with Gasteiger partial charge in [-0.1, -0.05) is 0 Å². The van der Waals surface area contributed by atoms with Gasteiger partial charge in [0.05, 0.1) is 0 Å². The van der Waals surface area contributed by atoms with Crippen LogP contribution < -0.4 is 10.2 Å². The van der Waals surface area contributed by atoms with Crippen LogP contribution in [0.5, 0.6) is 0 Å². The van der Waals surface area contributed by atoms with Crippen LogP contribution in [-0.4, -0.2) is 31.2 Å². The number of aromatic nitrogens is 1. The van der Waals surface area contributed by atoms with E-state index in [1.54, 1.807) is 6.20 Å². The highest BCUT2D eigenvalue weighted by atomic mass is 19.1. The Bertz CT molecular complexity index is 535. The van der Waals surface area contributed by atoms with Crippen molar-refractivity contribution in [2.45, 2.75) is 0 Å². The van der Waals surface area contributed by atoms with Crippen molar-refractivity contribution < 1.29 is 4.39 Å². The summed E-state index contributed by atoms with van der Waals surface area (Å²) in [5, 5.41) is 4.21. The Morgan fingerprint density at radius 1 is 1.18 bits per heavy atom. The Hall–Kier alpha value is -1.68. The van der Waals surface area contributed by atoms with E-state index in [-0.39, 0.29) is 5.82 Å². The summed E-state index contributed by atoms with van der Waals surface area (Å²) in [4.78, 5) is 6.40. The summed E-state index contributed by atoms with van der Waals surface area (Å²) in [6, 6.07) is 7.15. The summed E-state index contributed by atoms with van der Waals surface area (Å²) in [5.41, 5.74) is 1.54. The molecule has 1 saturated heterocycles. The van der Waals surface area contributed by atoms with Gasteiger partial charge in [0.1, 0.15) is 11.3 Å². The Morgan fingerprint density at radius 2 is 2.00 bits per heavy atom. The molecule has 0 amide bonds. The zero-order chi connectivity index (χ0) is 11.7. The monoisotopic (exact) mass is 231 g/mol. The molecule has 0 saturated carbocycles. The first-order valence-corrected chi connectivity index (χ1v) is 5.85. The molecule has 1 N–H and O–H groups in total. The standard InChI is InChI=1S/C13H14FN3/c14-11-3-4-12(17-8-6-15-7-9-17)10-2-1-5-16-13(10)11/h1-5,15H,6-9H2. The number of benzene rings is 1. The molecule has 1 aliphatic heterocycles. The molecule has 2 heterocycles. The van der Waals surface area contributed by atoms with Crippen molar-refractivity contribution in [3.63, 3.8) is 0 Å². The van der Waals surface area contributed by atoms with Crippen molar-refractivity contribution in [3.05, 3.63) is 36.3 Å². The molecule has 2 aromatic rings. The molecule has 1 aliphatic rings. The second kappa shape index (κ2) is 4.30. The number of anilines is 1. The minimum Gasteiger partial charge on any atom is -0.368 e. The van der Waals surface area contributed by atoms with Gasteiger partial charge in [-0.3, -0.25) is 4.98 Å². The van der Waals surface area contributed by atoms with Crippen molar-refractivity contribution in [1.29, 1.82) is 0 Å². The van der Waals surface area contributed by atoms with Gasteiger partial charge in [0.2, 0.25) is 0 Å². The predicted octanol–water partition coefficient (Wildman–Crippen LogP) is 1.78. The van der Waals surface area contributed by atoms with Gasteiger partial charge in [0.15, 0.2) is 0 Å². The van der Waals surface area contributed by atoms with Crippen molar-refractivity contribution in [3.8, 4) is 0 Å². The highest BCUT2D eigenvalue weighted by Crippen LogP contribution is 2.27. The number of hydrogen-bond acceptors (Lipinski definition) is 3. The van der Waals surface area contributed by atoms with E-state index in [2.05, 4.69) is 15.2 Å². The van der Waals surface area contributed by atoms with E-state index < -0.39 is 0 Å². The molecule has 0 radical (unpaired) electrons. The normalized spacial score (nSPS) is 16.4. The zero-order valence-electron chi connectivity index (χ0n) is 9.49. The fraction of sp³-hybridized carbons (Fsp3) is 0.308.